The Hall–Kier alpha value is -3.14. The molecule has 0 aliphatic rings. The van der Waals surface area contributed by atoms with Crippen molar-refractivity contribution in [3.63, 3.8) is 0 Å². The van der Waals surface area contributed by atoms with Crippen LogP contribution in [-0.4, -0.2) is 16.5 Å². The van der Waals surface area contributed by atoms with E-state index in [9.17, 15) is 9.59 Å². The maximum absolute atomic E-state index is 12.4. The normalized spacial score (nSPS) is 11.8. The van der Waals surface area contributed by atoms with Crippen molar-refractivity contribution in [2.45, 2.75) is 26.3 Å². The molecular weight excluding hydrogens is 336 g/mol. The van der Waals surface area contributed by atoms with E-state index >= 15 is 0 Å². The first-order valence-electron chi connectivity index (χ1n) is 9.07. The van der Waals surface area contributed by atoms with E-state index in [-0.39, 0.29) is 17.5 Å². The summed E-state index contributed by atoms with van der Waals surface area (Å²) in [6, 6.07) is 19.2. The minimum absolute atomic E-state index is 0.00699. The fraction of sp³-hybridized carbons (Fsp3) is 0.217. The highest BCUT2D eigenvalue weighted by atomic mass is 16.1. The summed E-state index contributed by atoms with van der Waals surface area (Å²) in [6.07, 6.45) is 2.48. The van der Waals surface area contributed by atoms with Gasteiger partial charge in [0.25, 0.3) is 11.5 Å². The van der Waals surface area contributed by atoms with Gasteiger partial charge < -0.3 is 9.88 Å². The Balaban J connectivity index is 1.68. The number of hydrogen-bond donors (Lipinski definition) is 1. The second kappa shape index (κ2) is 8.04. The minimum Gasteiger partial charge on any atom is -0.349 e. The average Bonchev–Trinajstić information content (AvgIpc) is 2.65. The minimum atomic E-state index is -0.0509. The fourth-order valence-electron chi connectivity index (χ4n) is 3.17. The highest BCUT2D eigenvalue weighted by Gasteiger charge is 2.12. The van der Waals surface area contributed by atoms with Crippen LogP contribution < -0.4 is 10.9 Å². The zero-order valence-electron chi connectivity index (χ0n) is 15.9. The summed E-state index contributed by atoms with van der Waals surface area (Å²) >= 11 is 0. The second-order valence-corrected chi connectivity index (χ2v) is 6.93. The van der Waals surface area contributed by atoms with E-state index in [4.69, 9.17) is 0 Å². The predicted molar refractivity (Wildman–Crippen MR) is 109 cm³/mol. The smallest absolute Gasteiger partial charge is 0.258 e. The van der Waals surface area contributed by atoms with E-state index in [2.05, 4.69) is 5.32 Å². The Labute approximate surface area is 159 Å². The number of nitrogens with one attached hydrogen (secondary N) is 1. The Morgan fingerprint density at radius 2 is 1.74 bits per heavy atom. The summed E-state index contributed by atoms with van der Waals surface area (Å²) in [4.78, 5) is 24.7. The van der Waals surface area contributed by atoms with E-state index in [0.29, 0.717) is 11.1 Å². The van der Waals surface area contributed by atoms with Crippen LogP contribution in [-0.2, 0) is 13.5 Å². The molecule has 3 aromatic rings. The molecule has 1 N–H and O–H groups in total. The van der Waals surface area contributed by atoms with Gasteiger partial charge in [0.1, 0.15) is 0 Å². The molecule has 27 heavy (non-hydrogen) atoms. The third-order valence-corrected chi connectivity index (χ3v) is 4.70. The lowest BCUT2D eigenvalue weighted by Crippen LogP contribution is -2.34. The number of aromatic nitrogens is 1. The number of carbonyl (C=O) groups is 1. The van der Waals surface area contributed by atoms with Crippen LogP contribution in [0.15, 0.2) is 71.7 Å². The van der Waals surface area contributed by atoms with Crippen molar-refractivity contribution in [2.24, 2.45) is 7.05 Å². The summed E-state index contributed by atoms with van der Waals surface area (Å²) in [5.41, 5.74) is 4.37. The number of nitrogens with zero attached hydrogens (tertiary/aromatic N) is 1. The zero-order valence-corrected chi connectivity index (χ0v) is 15.9. The van der Waals surface area contributed by atoms with E-state index in [0.717, 1.165) is 23.1 Å². The van der Waals surface area contributed by atoms with Gasteiger partial charge in [0.15, 0.2) is 0 Å². The van der Waals surface area contributed by atoms with Gasteiger partial charge in [-0.1, -0.05) is 42.5 Å². The lowest BCUT2D eigenvalue weighted by Gasteiger charge is -2.15. The van der Waals surface area contributed by atoms with E-state index in [1.807, 2.05) is 74.5 Å². The SMILES string of the molecule is Cc1ccccc1C(=O)NC(C)Cc1ccc(-c2cccn(C)c2=O)cc1. The van der Waals surface area contributed by atoms with Gasteiger partial charge in [-0.2, -0.15) is 0 Å². The van der Waals surface area contributed by atoms with Gasteiger partial charge in [-0.25, -0.2) is 0 Å². The van der Waals surface area contributed by atoms with Crippen molar-refractivity contribution in [1.82, 2.24) is 9.88 Å². The first kappa shape index (κ1) is 18.6. The maximum atomic E-state index is 12.4. The number of rotatable bonds is 5. The lowest BCUT2D eigenvalue weighted by molar-refractivity contribution is 0.0939. The summed E-state index contributed by atoms with van der Waals surface area (Å²) in [6.45, 7) is 3.93. The van der Waals surface area contributed by atoms with E-state index in [1.54, 1.807) is 17.8 Å². The van der Waals surface area contributed by atoms with Crippen molar-refractivity contribution in [2.75, 3.05) is 0 Å². The summed E-state index contributed by atoms with van der Waals surface area (Å²) in [5.74, 6) is -0.0509. The second-order valence-electron chi connectivity index (χ2n) is 6.93. The zero-order chi connectivity index (χ0) is 19.4. The molecule has 1 unspecified atom stereocenters. The largest absolute Gasteiger partial charge is 0.349 e. The highest BCUT2D eigenvalue weighted by Crippen LogP contribution is 2.17. The molecule has 4 heteroatoms. The number of pyridine rings is 1. The molecule has 1 heterocycles. The Morgan fingerprint density at radius 3 is 2.44 bits per heavy atom. The van der Waals surface area contributed by atoms with Gasteiger partial charge in [0, 0.05) is 30.4 Å². The number of amides is 1. The molecule has 2 aromatic carbocycles. The van der Waals surface area contributed by atoms with E-state index < -0.39 is 0 Å². The highest BCUT2D eigenvalue weighted by molar-refractivity contribution is 5.95. The van der Waals surface area contributed by atoms with Crippen LogP contribution in [0.25, 0.3) is 11.1 Å². The number of hydrogen-bond acceptors (Lipinski definition) is 2. The molecule has 0 aliphatic carbocycles. The lowest BCUT2D eigenvalue weighted by atomic mass is 10.0. The van der Waals surface area contributed by atoms with Crippen molar-refractivity contribution >= 4 is 5.91 Å². The standard InChI is InChI=1S/C23H24N2O2/c1-16-7-4-5-8-20(16)22(26)24-17(2)15-18-10-12-19(13-11-18)21-9-6-14-25(3)23(21)27/h4-14,17H,15H2,1-3H3,(H,24,26). The molecule has 0 fully saturated rings. The van der Waals surface area contributed by atoms with Gasteiger partial charge in [0.05, 0.1) is 0 Å². The molecule has 138 valence electrons. The van der Waals surface area contributed by atoms with Crippen LogP contribution in [0.2, 0.25) is 0 Å². The molecule has 0 radical (unpaired) electrons. The van der Waals surface area contributed by atoms with Crippen LogP contribution in [0, 0.1) is 6.92 Å². The fourth-order valence-corrected chi connectivity index (χ4v) is 3.17. The summed E-state index contributed by atoms with van der Waals surface area (Å²) in [5, 5.41) is 3.06. The van der Waals surface area contributed by atoms with Crippen LogP contribution >= 0.6 is 0 Å². The monoisotopic (exact) mass is 360 g/mol. The first-order valence-corrected chi connectivity index (χ1v) is 9.07. The molecule has 1 amide bonds. The van der Waals surface area contributed by atoms with Crippen molar-refractivity contribution in [3.8, 4) is 11.1 Å². The van der Waals surface area contributed by atoms with Crippen LogP contribution in [0.5, 0.6) is 0 Å². The van der Waals surface area contributed by atoms with Crippen molar-refractivity contribution < 1.29 is 4.79 Å². The van der Waals surface area contributed by atoms with E-state index in [1.165, 1.54) is 0 Å². The van der Waals surface area contributed by atoms with Crippen LogP contribution in [0.3, 0.4) is 0 Å². The first-order chi connectivity index (χ1) is 13.0. The number of aryl methyl sites for hydroxylation is 2. The average molecular weight is 360 g/mol. The molecule has 4 nitrogen and oxygen atoms in total. The molecule has 0 spiro atoms. The van der Waals surface area contributed by atoms with Crippen LogP contribution in [0.1, 0.15) is 28.4 Å². The molecule has 0 saturated heterocycles. The topological polar surface area (TPSA) is 51.1 Å². The van der Waals surface area contributed by atoms with Crippen LogP contribution in [0.4, 0.5) is 0 Å². The van der Waals surface area contributed by atoms with Gasteiger partial charge in [-0.3, -0.25) is 9.59 Å². The molecule has 0 saturated carbocycles. The number of benzene rings is 2. The molecule has 0 aliphatic heterocycles. The molecule has 1 aromatic heterocycles. The quantitative estimate of drug-likeness (QED) is 0.754. The van der Waals surface area contributed by atoms with Gasteiger partial charge in [-0.15, -0.1) is 0 Å². The number of carbonyl (C=O) groups excluding carboxylic acids is 1. The Kier molecular flexibility index (Phi) is 5.55. The molecular formula is C23H24N2O2. The third kappa shape index (κ3) is 4.34. The van der Waals surface area contributed by atoms with Crippen molar-refractivity contribution in [1.29, 1.82) is 0 Å². The molecule has 0 bridgehead atoms. The summed E-state index contributed by atoms with van der Waals surface area (Å²) in [7, 11) is 1.75. The molecule has 3 rings (SSSR count). The Morgan fingerprint density at radius 1 is 1.04 bits per heavy atom. The van der Waals surface area contributed by atoms with Crippen molar-refractivity contribution in [3.05, 3.63) is 93.9 Å². The molecule has 1 atom stereocenters. The van der Waals surface area contributed by atoms with Gasteiger partial charge >= 0.3 is 0 Å². The summed E-state index contributed by atoms with van der Waals surface area (Å²) < 4.78 is 1.58. The van der Waals surface area contributed by atoms with Gasteiger partial charge in [0.2, 0.25) is 0 Å². The Bertz CT molecular complexity index is 1000. The predicted octanol–water partition coefficient (Wildman–Crippen LogP) is 3.72. The third-order valence-electron chi connectivity index (χ3n) is 4.70. The maximum Gasteiger partial charge on any atom is 0.258 e. The van der Waals surface area contributed by atoms with Gasteiger partial charge in [-0.05, 0) is 55.2 Å².